The molecule has 0 aromatic heterocycles. The van der Waals surface area contributed by atoms with Gasteiger partial charge < -0.3 is 4.74 Å². The molecular weight excluding hydrogens is 196 g/mol. The fourth-order valence-corrected chi connectivity index (χ4v) is 1.28. The normalized spacial score (nSPS) is 19.1. The molecule has 0 spiro atoms. The van der Waals surface area contributed by atoms with Gasteiger partial charge in [-0.1, -0.05) is 6.08 Å². The molecule has 1 heterocycles. The summed E-state index contributed by atoms with van der Waals surface area (Å²) in [6.07, 6.45) is 4.69. The van der Waals surface area contributed by atoms with Gasteiger partial charge in [-0.2, -0.15) is 10.1 Å². The zero-order chi connectivity index (χ0) is 11.3. The number of hydrogen-bond acceptors (Lipinski definition) is 4. The predicted octanol–water partition coefficient (Wildman–Crippen LogP) is 1.35. The fourth-order valence-electron chi connectivity index (χ4n) is 1.28. The number of ether oxygens (including phenoxy) is 1. The minimum atomic E-state index is -0.524. The van der Waals surface area contributed by atoms with Crippen LogP contribution in [0.15, 0.2) is 17.3 Å². The van der Waals surface area contributed by atoms with Crippen LogP contribution in [-0.4, -0.2) is 35.7 Å². The average Bonchev–Trinajstić information content (AvgIpc) is 2.18. The van der Waals surface area contributed by atoms with Gasteiger partial charge in [-0.15, -0.1) is 0 Å². The van der Waals surface area contributed by atoms with Crippen molar-refractivity contribution >= 4 is 18.1 Å². The van der Waals surface area contributed by atoms with E-state index in [1.807, 2.05) is 0 Å². The minimum absolute atomic E-state index is 0.0102. The second-order valence-electron chi connectivity index (χ2n) is 3.17. The Morgan fingerprint density at radius 2 is 2.27 bits per heavy atom. The Hall–Kier alpha value is -1.65. The van der Waals surface area contributed by atoms with E-state index in [0.29, 0.717) is 6.61 Å². The highest BCUT2D eigenvalue weighted by Gasteiger charge is 2.24. The maximum absolute atomic E-state index is 11.4. The van der Waals surface area contributed by atoms with Gasteiger partial charge in [-0.3, -0.25) is 4.79 Å². The van der Waals surface area contributed by atoms with Crippen molar-refractivity contribution < 1.29 is 14.3 Å². The van der Waals surface area contributed by atoms with E-state index in [0.717, 1.165) is 0 Å². The van der Waals surface area contributed by atoms with Crippen molar-refractivity contribution in [2.75, 3.05) is 6.61 Å². The van der Waals surface area contributed by atoms with Gasteiger partial charge in [0, 0.05) is 12.6 Å². The molecule has 5 heteroatoms. The van der Waals surface area contributed by atoms with Crippen LogP contribution >= 0.6 is 0 Å². The third-order valence-corrected chi connectivity index (χ3v) is 1.88. The van der Waals surface area contributed by atoms with Crippen molar-refractivity contribution in [1.29, 1.82) is 0 Å². The van der Waals surface area contributed by atoms with Crippen molar-refractivity contribution in [3.05, 3.63) is 12.2 Å². The molecule has 82 valence electrons. The quantitative estimate of drug-likeness (QED) is 0.706. The molecule has 0 aromatic carbocycles. The van der Waals surface area contributed by atoms with E-state index < -0.39 is 6.09 Å². The van der Waals surface area contributed by atoms with E-state index in [9.17, 15) is 9.59 Å². The maximum Gasteiger partial charge on any atom is 0.430 e. The first kappa shape index (κ1) is 11.4. The fraction of sp³-hybridized carbons (Fsp3) is 0.500. The van der Waals surface area contributed by atoms with E-state index in [-0.39, 0.29) is 18.2 Å². The molecule has 0 aliphatic carbocycles. The van der Waals surface area contributed by atoms with Gasteiger partial charge in [0.05, 0.1) is 12.6 Å². The van der Waals surface area contributed by atoms with Crippen LogP contribution in [0.4, 0.5) is 4.79 Å². The third kappa shape index (κ3) is 3.19. The summed E-state index contributed by atoms with van der Waals surface area (Å²) in [4.78, 5) is 22.4. The number of Topliss-reactive ketones (excluding diaryl/α,β-unsaturated/α-hetero) is 1. The molecule has 0 saturated carbocycles. The van der Waals surface area contributed by atoms with Gasteiger partial charge in [0.1, 0.15) is 5.78 Å². The summed E-state index contributed by atoms with van der Waals surface area (Å²) in [6.45, 7) is 3.50. The Morgan fingerprint density at radius 3 is 2.87 bits per heavy atom. The Bertz CT molecular complexity index is 310. The Morgan fingerprint density at radius 1 is 1.53 bits per heavy atom. The van der Waals surface area contributed by atoms with E-state index in [4.69, 9.17) is 4.74 Å². The molecule has 1 aliphatic heterocycles. The Labute approximate surface area is 88.4 Å². The standard InChI is InChI=1S/C10H14N2O3/c1-3-15-10(14)12-9(7-8(2)13)5-4-6-11-12/h4-6,9H,3,7H2,1-2H3. The van der Waals surface area contributed by atoms with Gasteiger partial charge in [-0.05, 0) is 19.9 Å². The molecule has 0 radical (unpaired) electrons. The summed E-state index contributed by atoms with van der Waals surface area (Å²) >= 11 is 0. The lowest BCUT2D eigenvalue weighted by Crippen LogP contribution is -2.38. The Kier molecular flexibility index (Phi) is 4.03. The summed E-state index contributed by atoms with van der Waals surface area (Å²) in [7, 11) is 0. The lowest BCUT2D eigenvalue weighted by molar-refractivity contribution is -0.117. The molecular formula is C10H14N2O3. The average molecular weight is 210 g/mol. The topological polar surface area (TPSA) is 59.0 Å². The summed E-state index contributed by atoms with van der Waals surface area (Å²) in [5, 5.41) is 5.06. The van der Waals surface area contributed by atoms with Gasteiger partial charge in [-0.25, -0.2) is 4.79 Å². The van der Waals surface area contributed by atoms with Gasteiger partial charge >= 0.3 is 6.09 Å². The lowest BCUT2D eigenvalue weighted by Gasteiger charge is -2.25. The lowest BCUT2D eigenvalue weighted by atomic mass is 10.1. The third-order valence-electron chi connectivity index (χ3n) is 1.88. The second-order valence-corrected chi connectivity index (χ2v) is 3.17. The van der Waals surface area contributed by atoms with Crippen LogP contribution in [0.5, 0.6) is 0 Å². The molecule has 1 amide bonds. The minimum Gasteiger partial charge on any atom is -0.448 e. The molecule has 15 heavy (non-hydrogen) atoms. The number of ketones is 1. The molecule has 1 atom stereocenters. The largest absolute Gasteiger partial charge is 0.448 e. The van der Waals surface area contributed by atoms with Crippen molar-refractivity contribution in [2.45, 2.75) is 26.3 Å². The van der Waals surface area contributed by atoms with Gasteiger partial charge in [0.2, 0.25) is 0 Å². The highest BCUT2D eigenvalue weighted by atomic mass is 16.6. The summed E-state index contributed by atoms with van der Waals surface area (Å²) in [5.41, 5.74) is 0. The van der Waals surface area contributed by atoms with E-state index in [2.05, 4.69) is 5.10 Å². The molecule has 0 saturated heterocycles. The van der Waals surface area contributed by atoms with Crippen LogP contribution in [0.1, 0.15) is 20.3 Å². The maximum atomic E-state index is 11.4. The van der Waals surface area contributed by atoms with Crippen molar-refractivity contribution in [3.63, 3.8) is 0 Å². The van der Waals surface area contributed by atoms with Gasteiger partial charge in [0.15, 0.2) is 0 Å². The van der Waals surface area contributed by atoms with E-state index in [1.165, 1.54) is 18.1 Å². The monoisotopic (exact) mass is 210 g/mol. The van der Waals surface area contributed by atoms with Crippen molar-refractivity contribution in [1.82, 2.24) is 5.01 Å². The predicted molar refractivity (Wildman–Crippen MR) is 55.6 cm³/mol. The number of rotatable bonds is 3. The molecule has 0 aromatic rings. The number of hydrogen-bond donors (Lipinski definition) is 0. The molecule has 1 aliphatic rings. The summed E-state index contributed by atoms with van der Waals surface area (Å²) in [6, 6.07) is -0.327. The zero-order valence-electron chi connectivity index (χ0n) is 8.84. The van der Waals surface area contributed by atoms with Crippen molar-refractivity contribution in [2.24, 2.45) is 5.10 Å². The van der Waals surface area contributed by atoms with Crippen LogP contribution in [0.25, 0.3) is 0 Å². The first-order valence-electron chi connectivity index (χ1n) is 4.81. The van der Waals surface area contributed by atoms with E-state index >= 15 is 0 Å². The number of hydrazone groups is 1. The molecule has 5 nitrogen and oxygen atoms in total. The van der Waals surface area contributed by atoms with Crippen LogP contribution in [0.3, 0.4) is 0 Å². The SMILES string of the molecule is CCOC(=O)N1N=CC=CC1CC(C)=O. The second kappa shape index (κ2) is 5.29. The van der Waals surface area contributed by atoms with Crippen molar-refractivity contribution in [3.8, 4) is 0 Å². The van der Waals surface area contributed by atoms with Crippen LogP contribution < -0.4 is 0 Å². The zero-order valence-corrected chi connectivity index (χ0v) is 8.84. The number of nitrogens with zero attached hydrogens (tertiary/aromatic N) is 2. The molecule has 0 bridgehead atoms. The number of carbonyl (C=O) groups excluding carboxylic acids is 2. The molecule has 1 rings (SSSR count). The van der Waals surface area contributed by atoms with Crippen LogP contribution in [0, 0.1) is 0 Å². The van der Waals surface area contributed by atoms with E-state index in [1.54, 1.807) is 19.1 Å². The smallest absolute Gasteiger partial charge is 0.430 e. The first-order chi connectivity index (χ1) is 7.15. The number of allylic oxidation sites excluding steroid dienone is 1. The first-order valence-corrected chi connectivity index (χ1v) is 4.81. The van der Waals surface area contributed by atoms with Crippen LogP contribution in [-0.2, 0) is 9.53 Å². The highest BCUT2D eigenvalue weighted by Crippen LogP contribution is 2.12. The molecule has 1 unspecified atom stereocenters. The molecule has 0 N–H and O–H groups in total. The highest BCUT2D eigenvalue weighted by molar-refractivity contribution is 5.80. The van der Waals surface area contributed by atoms with Gasteiger partial charge in [0.25, 0.3) is 0 Å². The number of carbonyl (C=O) groups is 2. The molecule has 0 fully saturated rings. The Balaban J connectivity index is 2.67. The summed E-state index contributed by atoms with van der Waals surface area (Å²) in [5.74, 6) is 0.0102. The van der Waals surface area contributed by atoms with Crippen LogP contribution in [0.2, 0.25) is 0 Å². The summed E-state index contributed by atoms with van der Waals surface area (Å²) < 4.78 is 4.82. The number of amides is 1.